The van der Waals surface area contributed by atoms with Crippen LogP contribution in [0.1, 0.15) is 26.0 Å². The number of hydrogen-bond donors (Lipinski definition) is 3. The third-order valence-corrected chi connectivity index (χ3v) is 6.89. The third-order valence-electron chi connectivity index (χ3n) is 5.98. The largest absolute Gasteiger partial charge is 0.359 e. The minimum absolute atomic E-state index is 0.173. The Hall–Kier alpha value is -4.37. The lowest BCUT2D eigenvalue weighted by Gasteiger charge is -2.10. The second kappa shape index (κ2) is 9.94. The van der Waals surface area contributed by atoms with E-state index < -0.39 is 5.82 Å². The van der Waals surface area contributed by atoms with Gasteiger partial charge in [0.05, 0.1) is 28.1 Å². The molecular weight excluding hydrogens is 490 g/mol. The molecule has 0 aliphatic heterocycles. The molecule has 0 fully saturated rings. The van der Waals surface area contributed by atoms with Crippen LogP contribution >= 0.6 is 11.3 Å². The quantitative estimate of drug-likeness (QED) is 0.187. The van der Waals surface area contributed by atoms with Crippen LogP contribution in [0.4, 0.5) is 8.78 Å². The van der Waals surface area contributed by atoms with Gasteiger partial charge >= 0.3 is 0 Å². The Morgan fingerprint density at radius 2 is 2.03 bits per heavy atom. The number of aromatic nitrogens is 5. The Labute approximate surface area is 216 Å². The van der Waals surface area contributed by atoms with E-state index in [9.17, 15) is 4.39 Å². The minimum atomic E-state index is -0.524. The third kappa shape index (κ3) is 4.49. The second-order valence-electron chi connectivity index (χ2n) is 8.30. The molecule has 186 valence electrons. The van der Waals surface area contributed by atoms with Crippen molar-refractivity contribution in [3.05, 3.63) is 96.0 Å². The maximum absolute atomic E-state index is 16.0. The molecular formula is C28H24F2N6S. The molecule has 0 radical (unpaired) electrons. The number of rotatable bonds is 8. The molecule has 1 aromatic carbocycles. The van der Waals surface area contributed by atoms with Crippen molar-refractivity contribution in [2.24, 2.45) is 0 Å². The van der Waals surface area contributed by atoms with Crippen molar-refractivity contribution in [3.8, 4) is 22.0 Å². The molecule has 0 unspecified atom stereocenters. The van der Waals surface area contributed by atoms with E-state index in [2.05, 4.69) is 38.6 Å². The van der Waals surface area contributed by atoms with Crippen LogP contribution in [-0.2, 0) is 0 Å². The molecule has 4 heterocycles. The van der Waals surface area contributed by atoms with Gasteiger partial charge in [0.15, 0.2) is 16.8 Å². The molecule has 0 amide bonds. The SMILES string of the molecule is C=C/C(=C\C(=C/C)c1ncc2[nH]nc(-c3nc4c(-c5ccc(F)s5)cccc4[nH]3)c2c1F)NC(=C)CC. The molecule has 0 saturated heterocycles. The normalized spacial score (nSPS) is 12.4. The van der Waals surface area contributed by atoms with Gasteiger partial charge < -0.3 is 10.3 Å². The van der Waals surface area contributed by atoms with Crippen LogP contribution in [0.15, 0.2) is 79.3 Å². The van der Waals surface area contributed by atoms with Crippen molar-refractivity contribution in [2.45, 2.75) is 20.3 Å². The van der Waals surface area contributed by atoms with Crippen LogP contribution in [0, 0.1) is 10.9 Å². The van der Waals surface area contributed by atoms with Gasteiger partial charge in [0.25, 0.3) is 0 Å². The highest BCUT2D eigenvalue weighted by Crippen LogP contribution is 2.35. The number of thiophene rings is 1. The summed E-state index contributed by atoms with van der Waals surface area (Å²) in [7, 11) is 0. The van der Waals surface area contributed by atoms with Crippen LogP contribution in [0.5, 0.6) is 0 Å². The van der Waals surface area contributed by atoms with E-state index in [1.54, 1.807) is 30.5 Å². The number of benzene rings is 1. The fraction of sp³-hybridized carbons (Fsp3) is 0.107. The molecule has 0 aliphatic carbocycles. The lowest BCUT2D eigenvalue weighted by molar-refractivity contribution is 0.630. The number of imidazole rings is 1. The van der Waals surface area contributed by atoms with Gasteiger partial charge in [-0.05, 0) is 43.7 Å². The molecule has 4 aromatic heterocycles. The number of pyridine rings is 1. The predicted octanol–water partition coefficient (Wildman–Crippen LogP) is 7.49. The van der Waals surface area contributed by atoms with E-state index in [1.807, 2.05) is 32.0 Å². The van der Waals surface area contributed by atoms with Gasteiger partial charge in [0, 0.05) is 27.4 Å². The summed E-state index contributed by atoms with van der Waals surface area (Å²) in [6, 6.07) is 8.77. The van der Waals surface area contributed by atoms with Crippen molar-refractivity contribution in [3.63, 3.8) is 0 Å². The Morgan fingerprint density at radius 1 is 1.19 bits per heavy atom. The fourth-order valence-corrected chi connectivity index (χ4v) is 4.80. The minimum Gasteiger partial charge on any atom is -0.359 e. The summed E-state index contributed by atoms with van der Waals surface area (Å²) in [6.07, 6.45) is 7.50. The highest BCUT2D eigenvalue weighted by molar-refractivity contribution is 7.14. The zero-order valence-corrected chi connectivity index (χ0v) is 21.1. The van der Waals surface area contributed by atoms with Gasteiger partial charge in [-0.1, -0.05) is 38.3 Å². The molecule has 5 aromatic rings. The molecule has 0 aliphatic rings. The molecule has 5 rings (SSSR count). The number of para-hydroxylation sites is 1. The summed E-state index contributed by atoms with van der Waals surface area (Å²) < 4.78 is 29.7. The molecule has 0 atom stereocenters. The smallest absolute Gasteiger partial charge is 0.176 e. The van der Waals surface area contributed by atoms with Crippen molar-refractivity contribution in [2.75, 3.05) is 0 Å². The summed E-state index contributed by atoms with van der Waals surface area (Å²) >= 11 is 1.05. The first-order chi connectivity index (χ1) is 17.9. The summed E-state index contributed by atoms with van der Waals surface area (Å²) in [4.78, 5) is 13.1. The first-order valence-electron chi connectivity index (χ1n) is 11.7. The number of H-pyrrole nitrogens is 2. The average Bonchev–Trinajstić information content (AvgIpc) is 3.64. The lowest BCUT2D eigenvalue weighted by atomic mass is 10.1. The molecule has 37 heavy (non-hydrogen) atoms. The van der Waals surface area contributed by atoms with E-state index in [0.29, 0.717) is 33.8 Å². The standard InChI is InChI=1S/C28H24F2N6S/c1-5-15(4)32-17(7-3)13-16(6-2)25-24(30)23-20(14-31-25)35-36-27(23)28-33-19-10-8-9-18(26(19)34-28)21-11-12-22(29)37-21/h6-14,32H,3-5H2,1-2H3,(H,33,34)(H,35,36)/b16-6+,17-13+. The highest BCUT2D eigenvalue weighted by atomic mass is 32.1. The topological polar surface area (TPSA) is 82.3 Å². The number of allylic oxidation sites excluding steroid dienone is 5. The average molecular weight is 515 g/mol. The van der Waals surface area contributed by atoms with Crippen molar-refractivity contribution in [1.82, 2.24) is 30.5 Å². The molecule has 9 heteroatoms. The summed E-state index contributed by atoms with van der Waals surface area (Å²) in [6.45, 7) is 11.6. The number of nitrogens with one attached hydrogen (secondary N) is 3. The monoisotopic (exact) mass is 514 g/mol. The molecule has 0 saturated carbocycles. The predicted molar refractivity (Wildman–Crippen MR) is 147 cm³/mol. The number of halogens is 2. The number of aromatic amines is 2. The molecule has 0 bridgehead atoms. The Kier molecular flexibility index (Phi) is 6.54. The van der Waals surface area contributed by atoms with E-state index in [0.717, 1.165) is 39.4 Å². The van der Waals surface area contributed by atoms with E-state index >= 15 is 4.39 Å². The molecule has 6 nitrogen and oxygen atoms in total. The molecule has 3 N–H and O–H groups in total. The Morgan fingerprint density at radius 3 is 2.73 bits per heavy atom. The fourth-order valence-electron chi connectivity index (χ4n) is 4.04. The number of nitrogens with zero attached hydrogens (tertiary/aromatic N) is 3. The summed E-state index contributed by atoms with van der Waals surface area (Å²) in [5.74, 6) is -0.128. The first kappa shape index (κ1) is 24.3. The maximum Gasteiger partial charge on any atom is 0.176 e. The van der Waals surface area contributed by atoms with Crippen molar-refractivity contribution in [1.29, 1.82) is 0 Å². The Balaban J connectivity index is 1.62. The second-order valence-corrected chi connectivity index (χ2v) is 9.34. The summed E-state index contributed by atoms with van der Waals surface area (Å²) in [5.41, 5.74) is 5.20. The van der Waals surface area contributed by atoms with Gasteiger partial charge in [-0.15, -0.1) is 11.3 Å². The van der Waals surface area contributed by atoms with E-state index in [4.69, 9.17) is 4.98 Å². The highest BCUT2D eigenvalue weighted by Gasteiger charge is 2.21. The lowest BCUT2D eigenvalue weighted by Crippen LogP contribution is -2.10. The first-order valence-corrected chi connectivity index (χ1v) is 12.5. The van der Waals surface area contributed by atoms with Crippen LogP contribution in [-0.4, -0.2) is 25.1 Å². The maximum atomic E-state index is 16.0. The van der Waals surface area contributed by atoms with Crippen LogP contribution in [0.2, 0.25) is 0 Å². The van der Waals surface area contributed by atoms with Crippen molar-refractivity contribution < 1.29 is 8.78 Å². The van der Waals surface area contributed by atoms with Gasteiger partial charge in [-0.3, -0.25) is 10.1 Å². The number of fused-ring (bicyclic) bond motifs is 2. The zero-order chi connectivity index (χ0) is 26.1. The molecule has 0 spiro atoms. The van der Waals surface area contributed by atoms with E-state index in [1.165, 1.54) is 6.07 Å². The van der Waals surface area contributed by atoms with E-state index in [-0.39, 0.29) is 16.2 Å². The van der Waals surface area contributed by atoms with Gasteiger partial charge in [0.1, 0.15) is 11.4 Å². The van der Waals surface area contributed by atoms with Gasteiger partial charge in [-0.2, -0.15) is 9.49 Å². The van der Waals surface area contributed by atoms with Gasteiger partial charge in [0.2, 0.25) is 0 Å². The van der Waals surface area contributed by atoms with Crippen LogP contribution in [0.3, 0.4) is 0 Å². The summed E-state index contributed by atoms with van der Waals surface area (Å²) in [5, 5.41) is 10.4. The van der Waals surface area contributed by atoms with Crippen LogP contribution in [0.25, 0.3) is 49.5 Å². The number of hydrogen-bond acceptors (Lipinski definition) is 5. The van der Waals surface area contributed by atoms with Gasteiger partial charge in [-0.25, -0.2) is 9.37 Å². The zero-order valence-electron chi connectivity index (χ0n) is 20.3. The van der Waals surface area contributed by atoms with Crippen molar-refractivity contribution >= 4 is 38.8 Å². The Bertz CT molecular complexity index is 1720. The van der Waals surface area contributed by atoms with Crippen LogP contribution < -0.4 is 5.32 Å².